The molecule has 1 aromatic carbocycles. The highest BCUT2D eigenvalue weighted by Crippen LogP contribution is 2.49. The summed E-state index contributed by atoms with van der Waals surface area (Å²) in [4.78, 5) is 39.4. The maximum Gasteiger partial charge on any atom is 0.328 e. The maximum atomic E-state index is 15.1. The number of ether oxygens (including phenoxy) is 1. The fraction of sp³-hybridized carbons (Fsp3) is 0.500. The fourth-order valence-electron chi connectivity index (χ4n) is 4.85. The molecule has 4 rings (SSSR count). The lowest BCUT2D eigenvalue weighted by molar-refractivity contribution is -0.156. The minimum absolute atomic E-state index is 0.0829. The Hall–Kier alpha value is -3.06. The standard InChI is InChI=1S/C20H20F2N4O4/c1-8(2)15-16-20(17(27)24-19(29)25-18(20)28)5-10-4-11(6-23)12(21)13(22)14(10)26(16)7-9(3)30-15/h4,8-9,15-16H,5,7H2,1-3H3,(H2,24,25,27,28,29)/t9-,15+,16-/m1/s1. The van der Waals surface area contributed by atoms with Gasteiger partial charge in [0, 0.05) is 13.0 Å². The van der Waals surface area contributed by atoms with Crippen molar-refractivity contribution >= 4 is 23.5 Å². The number of barbiturate groups is 1. The molecule has 0 bridgehead atoms. The number of imide groups is 2. The van der Waals surface area contributed by atoms with Crippen LogP contribution in [0.1, 0.15) is 31.9 Å². The van der Waals surface area contributed by atoms with Crippen molar-refractivity contribution in [1.29, 1.82) is 5.26 Å². The molecule has 1 spiro atoms. The molecule has 10 heteroatoms. The Morgan fingerprint density at radius 2 is 1.87 bits per heavy atom. The van der Waals surface area contributed by atoms with Gasteiger partial charge in [0.05, 0.1) is 29.5 Å². The summed E-state index contributed by atoms with van der Waals surface area (Å²) in [5, 5.41) is 13.4. The van der Waals surface area contributed by atoms with E-state index in [-0.39, 0.29) is 30.1 Å². The van der Waals surface area contributed by atoms with Crippen LogP contribution in [-0.4, -0.2) is 42.6 Å². The number of fused-ring (bicyclic) bond motifs is 4. The summed E-state index contributed by atoms with van der Waals surface area (Å²) in [7, 11) is 0. The van der Waals surface area contributed by atoms with Crippen LogP contribution in [0.15, 0.2) is 6.07 Å². The molecule has 3 atom stereocenters. The molecule has 0 saturated carbocycles. The van der Waals surface area contributed by atoms with Crippen LogP contribution in [0.4, 0.5) is 19.3 Å². The lowest BCUT2D eigenvalue weighted by atomic mass is 9.65. The van der Waals surface area contributed by atoms with E-state index < -0.39 is 58.7 Å². The Bertz CT molecular complexity index is 999. The smallest absolute Gasteiger partial charge is 0.328 e. The van der Waals surface area contributed by atoms with Crippen molar-refractivity contribution in [3.05, 3.63) is 28.8 Å². The molecule has 4 amide bonds. The van der Waals surface area contributed by atoms with E-state index in [4.69, 9.17) is 4.74 Å². The molecule has 1 aromatic rings. The van der Waals surface area contributed by atoms with E-state index >= 15 is 4.39 Å². The van der Waals surface area contributed by atoms with Gasteiger partial charge in [-0.3, -0.25) is 20.2 Å². The highest BCUT2D eigenvalue weighted by atomic mass is 19.2. The molecule has 2 saturated heterocycles. The highest BCUT2D eigenvalue weighted by Gasteiger charge is 2.64. The van der Waals surface area contributed by atoms with E-state index in [1.54, 1.807) is 13.0 Å². The van der Waals surface area contributed by atoms with Gasteiger partial charge in [0.2, 0.25) is 11.8 Å². The van der Waals surface area contributed by atoms with Gasteiger partial charge in [0.1, 0.15) is 6.07 Å². The SMILES string of the molecule is CC(C)[C@@H]1O[C@H](C)CN2c3c(cc(C#N)c(F)c3F)CC3(C(=O)NC(=O)NC3=O)[C@@H]12. The quantitative estimate of drug-likeness (QED) is 0.667. The largest absolute Gasteiger partial charge is 0.371 e. The zero-order valence-corrected chi connectivity index (χ0v) is 16.6. The van der Waals surface area contributed by atoms with E-state index in [1.165, 1.54) is 4.90 Å². The second kappa shape index (κ2) is 6.74. The van der Waals surface area contributed by atoms with Crippen molar-refractivity contribution < 1.29 is 27.9 Å². The minimum Gasteiger partial charge on any atom is -0.371 e. The zero-order valence-electron chi connectivity index (χ0n) is 16.6. The zero-order chi connectivity index (χ0) is 22.0. The number of urea groups is 1. The molecule has 2 fully saturated rings. The van der Waals surface area contributed by atoms with Crippen LogP contribution in [0.2, 0.25) is 0 Å². The minimum atomic E-state index is -1.81. The molecule has 158 valence electrons. The van der Waals surface area contributed by atoms with Gasteiger partial charge >= 0.3 is 6.03 Å². The molecule has 2 N–H and O–H groups in total. The normalized spacial score (nSPS) is 27.3. The van der Waals surface area contributed by atoms with Gasteiger partial charge in [0.15, 0.2) is 17.0 Å². The number of benzene rings is 1. The molecule has 3 aliphatic heterocycles. The summed E-state index contributed by atoms with van der Waals surface area (Å²) in [6.45, 7) is 5.53. The number of amides is 4. The van der Waals surface area contributed by atoms with E-state index in [9.17, 15) is 24.0 Å². The van der Waals surface area contributed by atoms with Crippen molar-refractivity contribution in [1.82, 2.24) is 10.6 Å². The first-order valence-electron chi connectivity index (χ1n) is 9.61. The van der Waals surface area contributed by atoms with Crippen LogP contribution >= 0.6 is 0 Å². The summed E-state index contributed by atoms with van der Waals surface area (Å²) in [5.41, 5.74) is -2.26. The third-order valence-corrected chi connectivity index (χ3v) is 6.05. The Morgan fingerprint density at radius 1 is 1.23 bits per heavy atom. The molecule has 30 heavy (non-hydrogen) atoms. The number of nitrogens with zero attached hydrogens (tertiary/aromatic N) is 2. The van der Waals surface area contributed by atoms with Gasteiger partial charge in [0.25, 0.3) is 0 Å². The third-order valence-electron chi connectivity index (χ3n) is 6.05. The number of halogens is 2. The van der Waals surface area contributed by atoms with Crippen molar-refractivity contribution in [2.24, 2.45) is 11.3 Å². The van der Waals surface area contributed by atoms with E-state index in [1.807, 2.05) is 13.8 Å². The number of anilines is 1. The van der Waals surface area contributed by atoms with Crippen molar-refractivity contribution in [2.75, 3.05) is 11.4 Å². The summed E-state index contributed by atoms with van der Waals surface area (Å²) >= 11 is 0. The van der Waals surface area contributed by atoms with E-state index in [2.05, 4.69) is 10.6 Å². The first-order valence-corrected chi connectivity index (χ1v) is 9.61. The average molecular weight is 418 g/mol. The summed E-state index contributed by atoms with van der Waals surface area (Å²) in [6, 6.07) is 0.843. The Balaban J connectivity index is 2.01. The average Bonchev–Trinajstić information content (AvgIpc) is 2.67. The molecule has 8 nitrogen and oxygen atoms in total. The van der Waals surface area contributed by atoms with Crippen molar-refractivity contribution in [3.8, 4) is 6.07 Å². The van der Waals surface area contributed by atoms with Crippen LogP contribution in [-0.2, 0) is 20.7 Å². The molecule has 3 heterocycles. The van der Waals surface area contributed by atoms with Gasteiger partial charge in [-0.1, -0.05) is 13.8 Å². The molecule has 0 unspecified atom stereocenters. The monoisotopic (exact) mass is 418 g/mol. The topological polar surface area (TPSA) is 112 Å². The fourth-order valence-corrected chi connectivity index (χ4v) is 4.85. The predicted octanol–water partition coefficient (Wildman–Crippen LogP) is 1.36. The second-order valence-corrected chi connectivity index (χ2v) is 8.31. The van der Waals surface area contributed by atoms with Crippen LogP contribution in [0.25, 0.3) is 0 Å². The molecular formula is C20H20F2N4O4. The summed E-state index contributed by atoms with van der Waals surface area (Å²) in [5.74, 6) is -4.32. The predicted molar refractivity (Wildman–Crippen MR) is 99.2 cm³/mol. The Morgan fingerprint density at radius 3 is 2.43 bits per heavy atom. The number of hydrogen-bond acceptors (Lipinski definition) is 6. The van der Waals surface area contributed by atoms with E-state index in [0.717, 1.165) is 6.07 Å². The Kier molecular flexibility index (Phi) is 4.54. The number of carbonyl (C=O) groups excluding carboxylic acids is 3. The van der Waals surface area contributed by atoms with Gasteiger partial charge in [-0.05, 0) is 24.5 Å². The first kappa shape index (κ1) is 20.2. The van der Waals surface area contributed by atoms with Gasteiger partial charge in [-0.15, -0.1) is 0 Å². The molecule has 0 aliphatic carbocycles. The Labute approximate surface area is 171 Å². The number of nitrogens with one attached hydrogen (secondary N) is 2. The number of carbonyl (C=O) groups is 3. The molecule has 0 aromatic heterocycles. The molecule has 3 aliphatic rings. The summed E-state index contributed by atoms with van der Waals surface area (Å²) in [6.07, 6.45) is -1.38. The first-order chi connectivity index (χ1) is 14.1. The number of rotatable bonds is 1. The lowest BCUT2D eigenvalue weighted by Crippen LogP contribution is -2.76. The number of morpholine rings is 1. The van der Waals surface area contributed by atoms with Gasteiger partial charge in [-0.2, -0.15) is 5.26 Å². The van der Waals surface area contributed by atoms with Crippen LogP contribution < -0.4 is 15.5 Å². The molecule has 0 radical (unpaired) electrons. The highest BCUT2D eigenvalue weighted by molar-refractivity contribution is 6.20. The van der Waals surface area contributed by atoms with Crippen LogP contribution in [0.5, 0.6) is 0 Å². The van der Waals surface area contributed by atoms with Gasteiger partial charge in [-0.25, -0.2) is 13.6 Å². The lowest BCUT2D eigenvalue weighted by Gasteiger charge is -2.56. The maximum absolute atomic E-state index is 15.1. The van der Waals surface area contributed by atoms with Crippen molar-refractivity contribution in [3.63, 3.8) is 0 Å². The molecular weight excluding hydrogens is 398 g/mol. The number of nitriles is 1. The van der Waals surface area contributed by atoms with Crippen LogP contribution in [0.3, 0.4) is 0 Å². The van der Waals surface area contributed by atoms with Gasteiger partial charge < -0.3 is 9.64 Å². The third kappa shape index (κ3) is 2.61. The second-order valence-electron chi connectivity index (χ2n) is 8.31. The van der Waals surface area contributed by atoms with Crippen LogP contribution in [0, 0.1) is 34.3 Å². The van der Waals surface area contributed by atoms with E-state index in [0.29, 0.717) is 0 Å². The van der Waals surface area contributed by atoms with Crippen molar-refractivity contribution in [2.45, 2.75) is 45.4 Å². The summed E-state index contributed by atoms with van der Waals surface area (Å²) < 4.78 is 35.6. The number of hydrogen-bond donors (Lipinski definition) is 2.